The Balaban J connectivity index is 1.66. The van der Waals surface area contributed by atoms with Crippen molar-refractivity contribution < 1.29 is 9.18 Å². The van der Waals surface area contributed by atoms with Gasteiger partial charge in [0, 0.05) is 25.4 Å². The molecule has 150 valence electrons. The number of hydrogen-bond acceptors (Lipinski definition) is 5. The minimum atomic E-state index is -0.531. The molecular formula is C22H19FN6O. The second-order valence-electron chi connectivity index (χ2n) is 7.76. The fourth-order valence-electron chi connectivity index (χ4n) is 4.16. The summed E-state index contributed by atoms with van der Waals surface area (Å²) in [7, 11) is 0. The van der Waals surface area contributed by atoms with E-state index >= 15 is 0 Å². The van der Waals surface area contributed by atoms with Crippen LogP contribution in [-0.2, 0) is 6.54 Å². The van der Waals surface area contributed by atoms with E-state index in [0.29, 0.717) is 28.6 Å². The van der Waals surface area contributed by atoms with Crippen molar-refractivity contribution in [2.45, 2.75) is 19.9 Å². The SMILES string of the molecule is CC1CCN(c2ccn(-c3cc(-c4c(F)cccc4C#N)nc4c3C(=O)NC4)n2)C1. The van der Waals surface area contributed by atoms with E-state index < -0.39 is 5.82 Å². The molecule has 5 rings (SSSR count). The van der Waals surface area contributed by atoms with Crippen molar-refractivity contribution in [3.05, 3.63) is 59.2 Å². The molecule has 4 heterocycles. The van der Waals surface area contributed by atoms with Crippen LogP contribution in [-0.4, -0.2) is 33.8 Å². The van der Waals surface area contributed by atoms with Crippen LogP contribution in [0.3, 0.4) is 0 Å². The fourth-order valence-corrected chi connectivity index (χ4v) is 4.16. The van der Waals surface area contributed by atoms with Crippen LogP contribution < -0.4 is 10.2 Å². The number of carbonyl (C=O) groups excluding carboxylic acids is 1. The summed E-state index contributed by atoms with van der Waals surface area (Å²) < 4.78 is 16.3. The highest BCUT2D eigenvalue weighted by molar-refractivity contribution is 6.01. The number of aromatic nitrogens is 3. The van der Waals surface area contributed by atoms with Crippen molar-refractivity contribution in [2.24, 2.45) is 5.92 Å². The first-order chi connectivity index (χ1) is 14.5. The van der Waals surface area contributed by atoms with Gasteiger partial charge in [0.25, 0.3) is 5.91 Å². The Kier molecular flexibility index (Phi) is 4.24. The molecule has 2 aromatic heterocycles. The monoisotopic (exact) mass is 402 g/mol. The van der Waals surface area contributed by atoms with Crippen LogP contribution in [0.5, 0.6) is 0 Å². The molecule has 0 radical (unpaired) electrons. The Bertz CT molecular complexity index is 1210. The lowest BCUT2D eigenvalue weighted by molar-refractivity contribution is 0.0965. The van der Waals surface area contributed by atoms with Crippen LogP contribution in [0.2, 0.25) is 0 Å². The van der Waals surface area contributed by atoms with E-state index in [4.69, 9.17) is 0 Å². The highest BCUT2D eigenvalue weighted by atomic mass is 19.1. The Morgan fingerprint density at radius 3 is 2.93 bits per heavy atom. The summed E-state index contributed by atoms with van der Waals surface area (Å²) in [5, 5.41) is 16.9. The third-order valence-electron chi connectivity index (χ3n) is 5.68. The van der Waals surface area contributed by atoms with Crippen LogP contribution in [0, 0.1) is 23.1 Å². The molecule has 1 unspecified atom stereocenters. The van der Waals surface area contributed by atoms with Gasteiger partial charge in [0.1, 0.15) is 5.82 Å². The quantitative estimate of drug-likeness (QED) is 0.728. The normalized spacial score (nSPS) is 17.7. The minimum Gasteiger partial charge on any atom is -0.355 e. The van der Waals surface area contributed by atoms with E-state index in [-0.39, 0.29) is 23.6 Å². The van der Waals surface area contributed by atoms with Gasteiger partial charge in [0.2, 0.25) is 0 Å². The molecule has 30 heavy (non-hydrogen) atoms. The second kappa shape index (κ2) is 6.95. The smallest absolute Gasteiger partial charge is 0.255 e. The summed E-state index contributed by atoms with van der Waals surface area (Å²) in [6.07, 6.45) is 2.92. The van der Waals surface area contributed by atoms with Gasteiger partial charge in [0.15, 0.2) is 5.82 Å². The van der Waals surface area contributed by atoms with E-state index in [1.807, 2.05) is 12.1 Å². The van der Waals surface area contributed by atoms with Crippen molar-refractivity contribution in [2.75, 3.05) is 18.0 Å². The Hall–Kier alpha value is -3.73. The maximum atomic E-state index is 14.6. The van der Waals surface area contributed by atoms with Gasteiger partial charge in [-0.25, -0.2) is 14.1 Å². The van der Waals surface area contributed by atoms with Crippen molar-refractivity contribution in [3.63, 3.8) is 0 Å². The molecule has 1 N–H and O–H groups in total. The predicted molar refractivity (Wildman–Crippen MR) is 109 cm³/mol. The van der Waals surface area contributed by atoms with Gasteiger partial charge in [-0.1, -0.05) is 13.0 Å². The van der Waals surface area contributed by atoms with E-state index in [1.54, 1.807) is 23.0 Å². The van der Waals surface area contributed by atoms with Crippen LogP contribution >= 0.6 is 0 Å². The Morgan fingerprint density at radius 2 is 2.17 bits per heavy atom. The number of halogens is 1. The van der Waals surface area contributed by atoms with Crippen LogP contribution in [0.25, 0.3) is 16.9 Å². The van der Waals surface area contributed by atoms with Crippen LogP contribution in [0.1, 0.15) is 35.0 Å². The lowest BCUT2D eigenvalue weighted by atomic mass is 10.0. The third kappa shape index (κ3) is 2.90. The average Bonchev–Trinajstić information content (AvgIpc) is 3.47. The molecule has 1 fully saturated rings. The Labute approximate surface area is 172 Å². The molecule has 3 aromatic rings. The van der Waals surface area contributed by atoms with Crippen molar-refractivity contribution in [1.29, 1.82) is 5.26 Å². The second-order valence-corrected chi connectivity index (χ2v) is 7.76. The van der Waals surface area contributed by atoms with Crippen molar-refractivity contribution in [1.82, 2.24) is 20.1 Å². The van der Waals surface area contributed by atoms with Crippen molar-refractivity contribution >= 4 is 11.7 Å². The van der Waals surface area contributed by atoms with Gasteiger partial charge in [0.05, 0.1) is 46.4 Å². The fraction of sp³-hybridized carbons (Fsp3) is 0.273. The number of rotatable bonds is 3. The number of nitriles is 1. The molecule has 2 aliphatic heterocycles. The lowest BCUT2D eigenvalue weighted by Gasteiger charge is -2.15. The molecular weight excluding hydrogens is 383 g/mol. The van der Waals surface area contributed by atoms with Gasteiger partial charge >= 0.3 is 0 Å². The molecule has 2 aliphatic rings. The molecule has 1 atom stereocenters. The van der Waals surface area contributed by atoms with Gasteiger partial charge in [-0.3, -0.25) is 4.79 Å². The predicted octanol–water partition coefficient (Wildman–Crippen LogP) is 3.03. The molecule has 7 nitrogen and oxygen atoms in total. The molecule has 0 aliphatic carbocycles. The summed E-state index contributed by atoms with van der Waals surface area (Å²) >= 11 is 0. The summed E-state index contributed by atoms with van der Waals surface area (Å²) in [5.74, 6) is 0.688. The number of hydrogen-bond donors (Lipinski definition) is 1. The maximum Gasteiger partial charge on any atom is 0.255 e. The number of nitrogens with one attached hydrogen (secondary N) is 1. The zero-order valence-electron chi connectivity index (χ0n) is 16.4. The first kappa shape index (κ1) is 18.3. The topological polar surface area (TPSA) is 86.8 Å². The molecule has 0 spiro atoms. The Morgan fingerprint density at radius 1 is 1.30 bits per heavy atom. The minimum absolute atomic E-state index is 0.129. The maximum absolute atomic E-state index is 14.6. The summed E-state index contributed by atoms with van der Waals surface area (Å²) in [6, 6.07) is 9.92. The van der Waals surface area contributed by atoms with Crippen LogP contribution in [0.4, 0.5) is 10.2 Å². The number of fused-ring (bicyclic) bond motifs is 1. The molecule has 8 heteroatoms. The highest BCUT2D eigenvalue weighted by Gasteiger charge is 2.28. The van der Waals surface area contributed by atoms with E-state index in [2.05, 4.69) is 27.2 Å². The van der Waals surface area contributed by atoms with Crippen molar-refractivity contribution in [3.8, 4) is 23.0 Å². The summed E-state index contributed by atoms with van der Waals surface area (Å²) in [4.78, 5) is 19.2. The molecule has 1 aromatic carbocycles. The van der Waals surface area contributed by atoms with E-state index in [1.165, 1.54) is 12.1 Å². The zero-order valence-corrected chi connectivity index (χ0v) is 16.4. The highest BCUT2D eigenvalue weighted by Crippen LogP contribution is 2.32. The van der Waals surface area contributed by atoms with Gasteiger partial charge in [-0.05, 0) is 30.5 Å². The number of benzene rings is 1. The number of carbonyl (C=O) groups is 1. The van der Waals surface area contributed by atoms with Crippen LogP contribution in [0.15, 0.2) is 36.5 Å². The van der Waals surface area contributed by atoms with E-state index in [0.717, 1.165) is 25.3 Å². The molecule has 1 saturated heterocycles. The number of anilines is 1. The lowest BCUT2D eigenvalue weighted by Crippen LogP contribution is -2.20. The standard InChI is InChI=1S/C22H19FN6O/c1-13-5-7-28(12-13)19-6-8-29(27-19)18-9-16(26-17-11-25-22(30)21(17)18)20-14(10-24)3-2-4-15(20)23/h2-4,6,8-9,13H,5,7,11-12H2,1H3,(H,25,30). The first-order valence-corrected chi connectivity index (χ1v) is 9.87. The molecule has 1 amide bonds. The van der Waals surface area contributed by atoms with E-state index in [9.17, 15) is 14.4 Å². The number of nitrogens with zero attached hydrogens (tertiary/aromatic N) is 5. The summed E-state index contributed by atoms with van der Waals surface area (Å²) in [5.41, 5.74) is 2.10. The largest absolute Gasteiger partial charge is 0.355 e. The average molecular weight is 402 g/mol. The third-order valence-corrected chi connectivity index (χ3v) is 5.68. The number of amides is 1. The zero-order chi connectivity index (χ0) is 20.8. The van der Waals surface area contributed by atoms with Gasteiger partial charge in [-0.15, -0.1) is 0 Å². The molecule has 0 bridgehead atoms. The van der Waals surface area contributed by atoms with Gasteiger partial charge in [-0.2, -0.15) is 10.4 Å². The first-order valence-electron chi connectivity index (χ1n) is 9.87. The molecule has 0 saturated carbocycles. The number of pyridine rings is 1. The van der Waals surface area contributed by atoms with Gasteiger partial charge < -0.3 is 10.2 Å². The summed E-state index contributed by atoms with van der Waals surface area (Å²) in [6.45, 7) is 4.35.